The average molecular weight is 714 g/mol. The lowest BCUT2D eigenvalue weighted by Gasteiger charge is -2.22. The molecule has 0 unspecified atom stereocenters. The van der Waals surface area contributed by atoms with Crippen LogP contribution in [0, 0.1) is 27.7 Å². The molecule has 0 fully saturated rings. The van der Waals surface area contributed by atoms with Crippen LogP contribution in [0.25, 0.3) is 32.9 Å². The van der Waals surface area contributed by atoms with Crippen molar-refractivity contribution in [2.45, 2.75) is 53.5 Å². The van der Waals surface area contributed by atoms with Crippen LogP contribution in [0.2, 0.25) is 10.0 Å². The Kier molecular flexibility index (Phi) is 8.64. The summed E-state index contributed by atoms with van der Waals surface area (Å²) in [6.07, 6.45) is 3.49. The minimum absolute atomic E-state index is 0.0942. The van der Waals surface area contributed by atoms with E-state index in [4.69, 9.17) is 27.9 Å². The Hall–Kier alpha value is -4.80. The third-order valence-corrected chi connectivity index (χ3v) is 10.8. The maximum absolute atomic E-state index is 14.9. The molecule has 0 atom stereocenters. The van der Waals surface area contributed by atoms with Crippen molar-refractivity contribution in [3.63, 3.8) is 0 Å². The number of rotatable bonds is 8. The number of benzene rings is 3. The summed E-state index contributed by atoms with van der Waals surface area (Å²) in [5.74, 6) is -0.520. The van der Waals surface area contributed by atoms with Gasteiger partial charge in [-0.25, -0.2) is 4.79 Å². The number of ether oxygens (including phenoxy) is 1. The third kappa shape index (κ3) is 5.51. The van der Waals surface area contributed by atoms with Crippen molar-refractivity contribution in [2.75, 3.05) is 18.1 Å². The van der Waals surface area contributed by atoms with Crippen molar-refractivity contribution in [3.8, 4) is 16.9 Å². The van der Waals surface area contributed by atoms with Crippen LogP contribution >= 0.6 is 23.2 Å². The van der Waals surface area contributed by atoms with E-state index >= 15 is 0 Å². The van der Waals surface area contributed by atoms with Gasteiger partial charge in [-0.3, -0.25) is 14.2 Å². The molecule has 1 N–H and O–H groups in total. The van der Waals surface area contributed by atoms with E-state index in [1.807, 2.05) is 69.8 Å². The van der Waals surface area contributed by atoms with Crippen LogP contribution in [0.15, 0.2) is 42.6 Å². The van der Waals surface area contributed by atoms with Gasteiger partial charge in [0.05, 0.1) is 40.1 Å². The van der Waals surface area contributed by atoms with Crippen LogP contribution in [-0.2, 0) is 27.1 Å². The number of anilines is 1. The van der Waals surface area contributed by atoms with Gasteiger partial charge in [-0.05, 0) is 94.0 Å². The number of carbonyl (C=O) groups is 2. The molecular weight excluding hydrogens is 675 g/mol. The van der Waals surface area contributed by atoms with Crippen LogP contribution < -0.4 is 9.64 Å². The lowest BCUT2D eigenvalue weighted by Crippen LogP contribution is -2.32. The van der Waals surface area contributed by atoms with E-state index in [1.165, 1.54) is 0 Å². The van der Waals surface area contributed by atoms with E-state index in [2.05, 4.69) is 14.8 Å². The van der Waals surface area contributed by atoms with Crippen molar-refractivity contribution in [2.24, 2.45) is 14.1 Å². The van der Waals surface area contributed by atoms with Crippen LogP contribution in [0.3, 0.4) is 0 Å². The van der Waals surface area contributed by atoms with E-state index in [9.17, 15) is 14.7 Å². The van der Waals surface area contributed by atoms with Crippen LogP contribution in [0.1, 0.15) is 61.8 Å². The minimum Gasteiger partial charge on any atom is -0.494 e. The summed E-state index contributed by atoms with van der Waals surface area (Å²) in [6, 6.07) is 11.2. The first-order valence-electron chi connectivity index (χ1n) is 16.6. The second-order valence-corrected chi connectivity index (χ2v) is 13.9. The second kappa shape index (κ2) is 12.8. The first-order valence-corrected chi connectivity index (χ1v) is 17.4. The number of carboxylic acid groups (broad SMARTS) is 1. The first-order chi connectivity index (χ1) is 23.9. The quantitative estimate of drug-likeness (QED) is 0.159. The van der Waals surface area contributed by atoms with E-state index in [-0.39, 0.29) is 11.5 Å². The summed E-state index contributed by atoms with van der Waals surface area (Å²) < 4.78 is 11.7. The lowest BCUT2D eigenvalue weighted by atomic mass is 9.98. The minimum atomic E-state index is -1.08. The number of amides is 1. The largest absolute Gasteiger partial charge is 0.494 e. The Balaban J connectivity index is 1.37. The molecule has 0 spiro atoms. The zero-order valence-corrected chi connectivity index (χ0v) is 30.4. The highest BCUT2D eigenvalue weighted by molar-refractivity contribution is 6.35. The van der Waals surface area contributed by atoms with E-state index in [0.717, 1.165) is 60.9 Å². The summed E-state index contributed by atoms with van der Waals surface area (Å²) in [5, 5.41) is 22.0. The van der Waals surface area contributed by atoms with Gasteiger partial charge in [-0.2, -0.15) is 10.2 Å². The number of hydrogen-bond donors (Lipinski definition) is 1. The molecule has 4 heterocycles. The average Bonchev–Trinajstić information content (AvgIpc) is 3.64. The first kappa shape index (κ1) is 33.7. The molecule has 0 saturated carbocycles. The maximum Gasteiger partial charge on any atom is 0.337 e. The van der Waals surface area contributed by atoms with E-state index in [0.29, 0.717) is 66.3 Å². The molecule has 12 heteroatoms. The second-order valence-electron chi connectivity index (χ2n) is 13.1. The number of nitrogens with zero attached hydrogens (tertiary/aromatic N) is 6. The summed E-state index contributed by atoms with van der Waals surface area (Å²) in [7, 11) is 3.63. The Labute approximate surface area is 299 Å². The van der Waals surface area contributed by atoms with Crippen molar-refractivity contribution < 1.29 is 19.4 Å². The van der Waals surface area contributed by atoms with Gasteiger partial charge in [-0.15, -0.1) is 0 Å². The van der Waals surface area contributed by atoms with Gasteiger partial charge in [0.2, 0.25) is 0 Å². The molecular formula is C38H38Cl2N6O4. The van der Waals surface area contributed by atoms with Crippen molar-refractivity contribution in [1.29, 1.82) is 0 Å². The normalized spacial score (nSPS) is 13.4. The Morgan fingerprint density at radius 1 is 0.960 bits per heavy atom. The van der Waals surface area contributed by atoms with Gasteiger partial charge in [-0.1, -0.05) is 29.3 Å². The van der Waals surface area contributed by atoms with Crippen molar-refractivity contribution >= 4 is 62.6 Å². The number of carbonyl (C=O) groups excluding carboxylic acids is 1. The highest BCUT2D eigenvalue weighted by Crippen LogP contribution is 2.43. The smallest absolute Gasteiger partial charge is 0.337 e. The van der Waals surface area contributed by atoms with E-state index < -0.39 is 5.97 Å². The SMILES string of the molecule is Cc1cc(OCCCc2c3n(c4c(-c5c(C)nn(C)c5C)c(Cl)ccc24)CCCN(c2cc(C(=O)O)c4c(cnn4C)c2)C3=O)cc(C)c1Cl. The Morgan fingerprint density at radius 2 is 1.70 bits per heavy atom. The number of hydrogen-bond acceptors (Lipinski definition) is 5. The summed E-state index contributed by atoms with van der Waals surface area (Å²) in [5.41, 5.74) is 9.04. The molecule has 0 bridgehead atoms. The molecule has 258 valence electrons. The van der Waals surface area contributed by atoms with Crippen molar-refractivity contribution in [3.05, 3.63) is 92.0 Å². The Bertz CT molecular complexity index is 2350. The third-order valence-electron chi connectivity index (χ3n) is 9.86. The predicted octanol–water partition coefficient (Wildman–Crippen LogP) is 8.23. The predicted molar refractivity (Wildman–Crippen MR) is 197 cm³/mol. The Morgan fingerprint density at radius 3 is 2.38 bits per heavy atom. The molecule has 3 aromatic heterocycles. The van der Waals surface area contributed by atoms with Gasteiger partial charge in [0.1, 0.15) is 11.4 Å². The summed E-state index contributed by atoms with van der Waals surface area (Å²) in [6.45, 7) is 9.34. The summed E-state index contributed by atoms with van der Waals surface area (Å²) in [4.78, 5) is 29.0. The van der Waals surface area contributed by atoms with Gasteiger partial charge in [0, 0.05) is 65.5 Å². The summed E-state index contributed by atoms with van der Waals surface area (Å²) >= 11 is 13.4. The standard InChI is InChI=1S/C38H38Cl2N6O4/c1-20-15-26(16-21(2)33(20)40)50-14-7-9-27-28-10-11-30(39)32(31-22(3)42-43(5)23(31)4)35(28)46-13-8-12-45(37(47)36(27)46)25-17-24-19-41-44(6)34(24)29(18-25)38(48)49/h10-11,15-19H,7-9,12-14H2,1-6H3,(H,48,49). The number of aromatic nitrogens is 5. The fourth-order valence-corrected chi connectivity index (χ4v) is 7.86. The topological polar surface area (TPSA) is 107 Å². The number of aryl methyl sites for hydroxylation is 7. The molecule has 3 aromatic carbocycles. The van der Waals surface area contributed by atoms with Gasteiger partial charge >= 0.3 is 5.97 Å². The molecule has 0 saturated heterocycles. The zero-order chi connectivity index (χ0) is 35.6. The zero-order valence-electron chi connectivity index (χ0n) is 28.9. The molecule has 6 aromatic rings. The molecule has 10 nitrogen and oxygen atoms in total. The molecule has 0 radical (unpaired) electrons. The maximum atomic E-state index is 14.9. The molecule has 7 rings (SSSR count). The highest BCUT2D eigenvalue weighted by Gasteiger charge is 2.33. The van der Waals surface area contributed by atoms with Gasteiger partial charge in [0.25, 0.3) is 5.91 Å². The fraction of sp³-hybridized carbons (Fsp3) is 0.316. The number of fused-ring (bicyclic) bond motifs is 4. The number of carboxylic acids is 1. The van der Waals surface area contributed by atoms with Gasteiger partial charge < -0.3 is 19.3 Å². The highest BCUT2D eigenvalue weighted by atomic mass is 35.5. The molecule has 50 heavy (non-hydrogen) atoms. The monoisotopic (exact) mass is 712 g/mol. The van der Waals surface area contributed by atoms with E-state index in [1.54, 1.807) is 28.9 Å². The number of aromatic carboxylic acids is 1. The van der Waals surface area contributed by atoms with Crippen LogP contribution in [-0.4, -0.2) is 54.3 Å². The molecule has 1 amide bonds. The fourth-order valence-electron chi connectivity index (χ4n) is 7.50. The lowest BCUT2D eigenvalue weighted by molar-refractivity contribution is 0.0698. The van der Waals surface area contributed by atoms with Crippen LogP contribution in [0.4, 0.5) is 5.69 Å². The van der Waals surface area contributed by atoms with Crippen LogP contribution in [0.5, 0.6) is 5.75 Å². The molecule has 1 aliphatic heterocycles. The van der Waals surface area contributed by atoms with Gasteiger partial charge in [0.15, 0.2) is 0 Å². The molecule has 1 aliphatic rings. The van der Waals surface area contributed by atoms with Crippen molar-refractivity contribution in [1.82, 2.24) is 24.1 Å². The number of halogens is 2. The molecule has 0 aliphatic carbocycles.